The third kappa shape index (κ3) is 4.85. The minimum atomic E-state index is -0.536. The topological polar surface area (TPSA) is 86.5 Å². The molecule has 0 spiro atoms. The average Bonchev–Trinajstić information content (AvgIpc) is 2.43. The number of benzene rings is 1. The van der Waals surface area contributed by atoms with E-state index in [0.29, 0.717) is 5.56 Å². The van der Waals surface area contributed by atoms with E-state index in [4.69, 9.17) is 0 Å². The lowest BCUT2D eigenvalue weighted by Crippen LogP contribution is -1.98. The summed E-state index contributed by atoms with van der Waals surface area (Å²) in [5.41, 5.74) is 0.254. The van der Waals surface area contributed by atoms with Crippen LogP contribution in [-0.2, 0) is 9.53 Å². The lowest BCUT2D eigenvalue weighted by molar-refractivity contribution is -0.384. The summed E-state index contributed by atoms with van der Waals surface area (Å²) >= 11 is 0. The van der Waals surface area contributed by atoms with Gasteiger partial charge >= 0.3 is 5.97 Å². The van der Waals surface area contributed by atoms with Crippen LogP contribution in [0.25, 0.3) is 0 Å². The first-order valence-electron chi connectivity index (χ1n) is 5.85. The third-order valence-corrected chi connectivity index (χ3v) is 2.24. The Morgan fingerprint density at radius 2 is 1.80 bits per heavy atom. The molecule has 0 heterocycles. The van der Waals surface area contributed by atoms with E-state index in [1.54, 1.807) is 6.92 Å². The summed E-state index contributed by atoms with van der Waals surface area (Å²) in [4.78, 5) is 32.6. The zero-order valence-corrected chi connectivity index (χ0v) is 10.8. The predicted molar refractivity (Wildman–Crippen MR) is 72.3 cm³/mol. The summed E-state index contributed by atoms with van der Waals surface area (Å²) in [6.45, 7) is 1.98. The van der Waals surface area contributed by atoms with E-state index in [9.17, 15) is 19.7 Å². The number of carbonyl (C=O) groups is 2. The number of nitrogens with zero attached hydrogens (tertiary/aromatic N) is 1. The second-order valence-corrected chi connectivity index (χ2v) is 3.64. The van der Waals surface area contributed by atoms with Crippen LogP contribution in [0.15, 0.2) is 48.6 Å². The van der Waals surface area contributed by atoms with Crippen LogP contribution in [0.2, 0.25) is 0 Å². The fourth-order valence-electron chi connectivity index (χ4n) is 1.31. The molecule has 0 saturated heterocycles. The Morgan fingerprint density at radius 3 is 2.35 bits per heavy atom. The van der Waals surface area contributed by atoms with Crippen LogP contribution in [0.4, 0.5) is 5.69 Å². The predicted octanol–water partition coefficient (Wildman–Crippen LogP) is 2.45. The molecule has 0 N–H and O–H groups in total. The van der Waals surface area contributed by atoms with Gasteiger partial charge in [0.15, 0.2) is 5.78 Å². The molecule has 0 bridgehead atoms. The highest BCUT2D eigenvalue weighted by Crippen LogP contribution is 2.12. The van der Waals surface area contributed by atoms with E-state index in [1.165, 1.54) is 48.6 Å². The van der Waals surface area contributed by atoms with E-state index < -0.39 is 10.9 Å². The van der Waals surface area contributed by atoms with Crippen molar-refractivity contribution in [3.05, 3.63) is 64.2 Å². The van der Waals surface area contributed by atoms with Gasteiger partial charge in [-0.05, 0) is 25.1 Å². The van der Waals surface area contributed by atoms with Crippen LogP contribution in [0.1, 0.15) is 17.3 Å². The quantitative estimate of drug-likeness (QED) is 0.199. The molecule has 0 aliphatic carbocycles. The third-order valence-electron chi connectivity index (χ3n) is 2.24. The Labute approximate surface area is 115 Å². The second-order valence-electron chi connectivity index (χ2n) is 3.64. The molecule has 1 aromatic carbocycles. The van der Waals surface area contributed by atoms with Crippen molar-refractivity contribution in [2.75, 3.05) is 6.61 Å². The fraction of sp³-hybridized carbons (Fsp3) is 0.143. The number of esters is 1. The van der Waals surface area contributed by atoms with Crippen molar-refractivity contribution in [2.45, 2.75) is 6.92 Å². The molecule has 6 heteroatoms. The molecule has 0 radical (unpaired) electrons. The van der Waals surface area contributed by atoms with Gasteiger partial charge in [-0.15, -0.1) is 0 Å². The number of hydrogen-bond donors (Lipinski definition) is 0. The summed E-state index contributed by atoms with van der Waals surface area (Å²) in [5, 5.41) is 10.5. The molecular weight excluding hydrogens is 262 g/mol. The van der Waals surface area contributed by atoms with Gasteiger partial charge in [-0.2, -0.15) is 0 Å². The van der Waals surface area contributed by atoms with Gasteiger partial charge < -0.3 is 4.74 Å². The summed E-state index contributed by atoms with van der Waals surface area (Å²) in [5.74, 6) is -0.798. The molecule has 0 amide bonds. The minimum absolute atomic E-state index is 0.0762. The van der Waals surface area contributed by atoms with Crippen molar-refractivity contribution < 1.29 is 19.2 Å². The first-order chi connectivity index (χ1) is 9.54. The molecule has 1 aromatic rings. The molecular formula is C14H13NO5. The summed E-state index contributed by atoms with van der Waals surface area (Å²) < 4.78 is 4.66. The Balaban J connectivity index is 2.62. The van der Waals surface area contributed by atoms with E-state index in [1.807, 2.05) is 0 Å². The molecule has 0 saturated carbocycles. The zero-order chi connectivity index (χ0) is 15.0. The number of non-ortho nitro benzene ring substituents is 1. The van der Waals surface area contributed by atoms with E-state index in [2.05, 4.69) is 4.74 Å². The van der Waals surface area contributed by atoms with Gasteiger partial charge in [0.1, 0.15) is 0 Å². The Hall–Kier alpha value is -2.76. The molecule has 104 valence electrons. The van der Waals surface area contributed by atoms with Crippen LogP contribution < -0.4 is 0 Å². The summed E-state index contributed by atoms with van der Waals surface area (Å²) in [7, 11) is 0. The Kier molecular flexibility index (Phi) is 5.83. The highest BCUT2D eigenvalue weighted by Gasteiger charge is 2.06. The van der Waals surface area contributed by atoms with Gasteiger partial charge in [-0.3, -0.25) is 14.9 Å². The SMILES string of the molecule is CCOC(=O)/C=C/C=C/C(=O)c1ccc([N+](=O)[O-])cc1. The molecule has 6 nitrogen and oxygen atoms in total. The lowest BCUT2D eigenvalue weighted by Gasteiger charge is -1.95. The van der Waals surface area contributed by atoms with Gasteiger partial charge in [0.05, 0.1) is 11.5 Å². The van der Waals surface area contributed by atoms with Crippen molar-refractivity contribution in [2.24, 2.45) is 0 Å². The summed E-state index contributed by atoms with van der Waals surface area (Å²) in [6, 6.07) is 5.27. The van der Waals surface area contributed by atoms with Gasteiger partial charge in [0, 0.05) is 23.8 Å². The monoisotopic (exact) mass is 275 g/mol. The van der Waals surface area contributed by atoms with E-state index in [-0.39, 0.29) is 18.1 Å². The average molecular weight is 275 g/mol. The largest absolute Gasteiger partial charge is 0.463 e. The molecule has 1 rings (SSSR count). The van der Waals surface area contributed by atoms with Gasteiger partial charge in [0.25, 0.3) is 5.69 Å². The van der Waals surface area contributed by atoms with E-state index in [0.717, 1.165) is 0 Å². The van der Waals surface area contributed by atoms with Crippen LogP contribution in [0.5, 0.6) is 0 Å². The van der Waals surface area contributed by atoms with Crippen LogP contribution in [-0.4, -0.2) is 23.3 Å². The normalized spacial score (nSPS) is 10.8. The number of carbonyl (C=O) groups excluding carboxylic acids is 2. The summed E-state index contributed by atoms with van der Waals surface area (Å²) in [6.07, 6.45) is 5.25. The number of ketones is 1. The van der Waals surface area contributed by atoms with Crippen molar-refractivity contribution in [1.82, 2.24) is 0 Å². The van der Waals surface area contributed by atoms with Crippen LogP contribution in [0.3, 0.4) is 0 Å². The molecule has 0 aromatic heterocycles. The maximum atomic E-state index is 11.7. The van der Waals surface area contributed by atoms with Gasteiger partial charge in [-0.1, -0.05) is 12.2 Å². The molecule has 0 atom stereocenters. The molecule has 20 heavy (non-hydrogen) atoms. The Bertz CT molecular complexity index is 557. The number of nitro groups is 1. The lowest BCUT2D eigenvalue weighted by atomic mass is 10.1. The standard InChI is InChI=1S/C14H13NO5/c1-2-20-14(17)6-4-3-5-13(16)11-7-9-12(10-8-11)15(18)19/h3-10H,2H2,1H3/b5-3+,6-4+. The van der Waals surface area contributed by atoms with Crippen molar-refractivity contribution >= 4 is 17.4 Å². The van der Waals surface area contributed by atoms with Crippen molar-refractivity contribution in [3.8, 4) is 0 Å². The first kappa shape index (κ1) is 15.3. The fourth-order valence-corrected chi connectivity index (χ4v) is 1.31. The molecule has 0 fully saturated rings. The minimum Gasteiger partial charge on any atom is -0.463 e. The second kappa shape index (κ2) is 7.63. The molecule has 0 aliphatic rings. The number of nitro benzene ring substituents is 1. The van der Waals surface area contributed by atoms with Crippen molar-refractivity contribution in [1.29, 1.82) is 0 Å². The Morgan fingerprint density at radius 1 is 1.20 bits per heavy atom. The smallest absolute Gasteiger partial charge is 0.330 e. The van der Waals surface area contributed by atoms with Gasteiger partial charge in [-0.25, -0.2) is 4.79 Å². The molecule has 0 unspecified atom stereocenters. The molecule has 0 aliphatic heterocycles. The maximum Gasteiger partial charge on any atom is 0.330 e. The number of rotatable bonds is 6. The number of hydrogen-bond acceptors (Lipinski definition) is 5. The highest BCUT2D eigenvalue weighted by molar-refractivity contribution is 6.04. The number of allylic oxidation sites excluding steroid dienone is 3. The van der Waals surface area contributed by atoms with Crippen LogP contribution in [0, 0.1) is 10.1 Å². The van der Waals surface area contributed by atoms with Crippen molar-refractivity contribution in [3.63, 3.8) is 0 Å². The highest BCUT2D eigenvalue weighted by atomic mass is 16.6. The maximum absolute atomic E-state index is 11.7. The van der Waals surface area contributed by atoms with Crippen LogP contribution >= 0.6 is 0 Å². The number of ether oxygens (including phenoxy) is 1. The van der Waals surface area contributed by atoms with E-state index >= 15 is 0 Å². The first-order valence-corrected chi connectivity index (χ1v) is 5.85. The zero-order valence-electron chi connectivity index (χ0n) is 10.8. The van der Waals surface area contributed by atoms with Gasteiger partial charge in [0.2, 0.25) is 0 Å².